The van der Waals surface area contributed by atoms with Crippen LogP contribution in [0.5, 0.6) is 0 Å². The van der Waals surface area contributed by atoms with Crippen molar-refractivity contribution in [1.29, 1.82) is 0 Å². The van der Waals surface area contributed by atoms with Gasteiger partial charge in [-0.25, -0.2) is 0 Å². The monoisotopic (exact) mass is 410 g/mol. The van der Waals surface area contributed by atoms with Gasteiger partial charge in [0.2, 0.25) is 0 Å². The molecule has 0 aliphatic rings. The molecule has 0 saturated heterocycles. The highest BCUT2D eigenvalue weighted by molar-refractivity contribution is 14.0. The van der Waals surface area contributed by atoms with Crippen molar-refractivity contribution in [2.24, 2.45) is 10.7 Å². The van der Waals surface area contributed by atoms with E-state index in [4.69, 9.17) is 5.73 Å². The van der Waals surface area contributed by atoms with Crippen LogP contribution in [0.3, 0.4) is 0 Å². The van der Waals surface area contributed by atoms with Crippen molar-refractivity contribution in [1.82, 2.24) is 10.2 Å². The number of nitrogens with two attached hydrogens (primary N) is 1. The minimum Gasteiger partial charge on any atom is -0.370 e. The second-order valence-electron chi connectivity index (χ2n) is 4.00. The molecular weight excluding hydrogens is 387 g/mol. The number of amides is 1. The maximum Gasteiger partial charge on any atom is 0.261 e. The molecule has 1 heterocycles. The molecule has 0 aromatic carbocycles. The lowest BCUT2D eigenvalue weighted by molar-refractivity contribution is 0.0957. The fraction of sp³-hybridized carbons (Fsp3) is 0.538. The molecule has 114 valence electrons. The molecule has 0 aliphatic carbocycles. The normalized spacial score (nSPS) is 10.8. The number of carbonyl (C=O) groups is 1. The van der Waals surface area contributed by atoms with Crippen LogP contribution in [-0.4, -0.2) is 42.9 Å². The molecule has 0 bridgehead atoms. The van der Waals surface area contributed by atoms with E-state index < -0.39 is 0 Å². The third kappa shape index (κ3) is 6.56. The third-order valence-corrected chi connectivity index (χ3v) is 3.60. The molecule has 1 aromatic heterocycles. The molecule has 1 aromatic rings. The molecule has 0 radical (unpaired) electrons. The van der Waals surface area contributed by atoms with E-state index in [2.05, 4.69) is 10.3 Å². The molecule has 1 amide bonds. The number of guanidine groups is 1. The summed E-state index contributed by atoms with van der Waals surface area (Å²) in [5.74, 6) is 0.560. The lowest BCUT2D eigenvalue weighted by atomic mass is 10.4. The van der Waals surface area contributed by atoms with Crippen molar-refractivity contribution in [2.45, 2.75) is 20.3 Å². The topological polar surface area (TPSA) is 70.7 Å². The predicted octanol–water partition coefficient (Wildman–Crippen LogP) is 2.14. The Morgan fingerprint density at radius 2 is 2.15 bits per heavy atom. The van der Waals surface area contributed by atoms with Gasteiger partial charge < -0.3 is 16.0 Å². The molecule has 0 aliphatic heterocycles. The lowest BCUT2D eigenvalue weighted by Crippen LogP contribution is -2.37. The maximum absolute atomic E-state index is 11.6. The number of hydrogen-bond acceptors (Lipinski definition) is 3. The van der Waals surface area contributed by atoms with Crippen LogP contribution < -0.4 is 11.1 Å². The van der Waals surface area contributed by atoms with Gasteiger partial charge in [-0.1, -0.05) is 6.07 Å². The molecule has 7 heteroatoms. The van der Waals surface area contributed by atoms with E-state index in [0.29, 0.717) is 19.0 Å². The van der Waals surface area contributed by atoms with Gasteiger partial charge in [0.1, 0.15) is 0 Å². The van der Waals surface area contributed by atoms with Gasteiger partial charge in [-0.2, -0.15) is 0 Å². The summed E-state index contributed by atoms with van der Waals surface area (Å²) in [6.07, 6.45) is 0.791. The number of nitrogens with one attached hydrogen (secondary N) is 1. The minimum atomic E-state index is -0.0179. The number of nitrogens with zero attached hydrogens (tertiary/aromatic N) is 2. The highest BCUT2D eigenvalue weighted by Gasteiger charge is 2.04. The summed E-state index contributed by atoms with van der Waals surface area (Å²) < 4.78 is 0. The average Bonchev–Trinajstić information content (AvgIpc) is 2.93. The SMILES string of the molecule is CCN(CC)C(N)=NCCCNC(=O)c1cccs1.I. The Kier molecular flexibility index (Phi) is 10.4. The lowest BCUT2D eigenvalue weighted by Gasteiger charge is -2.19. The first-order valence-electron chi connectivity index (χ1n) is 6.55. The number of rotatable bonds is 7. The van der Waals surface area contributed by atoms with E-state index in [1.807, 2.05) is 36.3 Å². The first kappa shape index (κ1) is 19.2. The van der Waals surface area contributed by atoms with Crippen LogP contribution in [0, 0.1) is 0 Å². The molecule has 0 fully saturated rings. The highest BCUT2D eigenvalue weighted by Crippen LogP contribution is 2.07. The van der Waals surface area contributed by atoms with Gasteiger partial charge in [0.15, 0.2) is 5.96 Å². The van der Waals surface area contributed by atoms with E-state index in [0.717, 1.165) is 24.4 Å². The number of thiophene rings is 1. The van der Waals surface area contributed by atoms with Crippen molar-refractivity contribution in [2.75, 3.05) is 26.2 Å². The van der Waals surface area contributed by atoms with Gasteiger partial charge in [-0.05, 0) is 31.7 Å². The zero-order chi connectivity index (χ0) is 14.1. The number of halogens is 1. The summed E-state index contributed by atoms with van der Waals surface area (Å²) in [6.45, 7) is 7.07. The van der Waals surface area contributed by atoms with E-state index in [1.54, 1.807) is 0 Å². The van der Waals surface area contributed by atoms with Crippen molar-refractivity contribution >= 4 is 47.2 Å². The van der Waals surface area contributed by atoms with Gasteiger partial charge in [-0.3, -0.25) is 9.79 Å². The number of carbonyl (C=O) groups excluding carboxylic acids is 1. The summed E-state index contributed by atoms with van der Waals surface area (Å²) in [6, 6.07) is 3.69. The number of aliphatic imine (C=N–C) groups is 1. The smallest absolute Gasteiger partial charge is 0.261 e. The Hall–Kier alpha value is -0.830. The molecule has 0 saturated carbocycles. The van der Waals surface area contributed by atoms with Crippen molar-refractivity contribution in [3.63, 3.8) is 0 Å². The van der Waals surface area contributed by atoms with Crippen LogP contribution in [0.1, 0.15) is 29.9 Å². The van der Waals surface area contributed by atoms with E-state index in [9.17, 15) is 4.79 Å². The minimum absolute atomic E-state index is 0. The molecule has 20 heavy (non-hydrogen) atoms. The molecule has 5 nitrogen and oxygen atoms in total. The van der Waals surface area contributed by atoms with E-state index in [1.165, 1.54) is 11.3 Å². The van der Waals surface area contributed by atoms with Crippen molar-refractivity contribution in [3.8, 4) is 0 Å². The van der Waals surface area contributed by atoms with Gasteiger partial charge >= 0.3 is 0 Å². The van der Waals surface area contributed by atoms with Crippen LogP contribution in [0.15, 0.2) is 22.5 Å². The third-order valence-electron chi connectivity index (χ3n) is 2.73. The van der Waals surface area contributed by atoms with Crippen LogP contribution >= 0.6 is 35.3 Å². The Bertz CT molecular complexity index is 405. The van der Waals surface area contributed by atoms with Gasteiger partial charge in [0.05, 0.1) is 4.88 Å². The van der Waals surface area contributed by atoms with Gasteiger partial charge in [0, 0.05) is 26.2 Å². The first-order chi connectivity index (χ1) is 9.19. The predicted molar refractivity (Wildman–Crippen MR) is 96.1 cm³/mol. The summed E-state index contributed by atoms with van der Waals surface area (Å²) in [5.41, 5.74) is 5.85. The zero-order valence-corrected chi connectivity index (χ0v) is 15.1. The molecule has 1 rings (SSSR count). The van der Waals surface area contributed by atoms with Crippen LogP contribution in [0.2, 0.25) is 0 Å². The second-order valence-corrected chi connectivity index (χ2v) is 4.95. The Morgan fingerprint density at radius 1 is 1.45 bits per heavy atom. The standard InChI is InChI=1S/C13H22N4OS.HI/c1-3-17(4-2)13(14)16-9-6-8-15-12(18)11-7-5-10-19-11;/h5,7,10H,3-4,6,8-9H2,1-2H3,(H2,14,16)(H,15,18);1H. The highest BCUT2D eigenvalue weighted by atomic mass is 127. The maximum atomic E-state index is 11.6. The summed E-state index contributed by atoms with van der Waals surface area (Å²) in [4.78, 5) is 18.7. The molecular formula is C13H23IN4OS. The fourth-order valence-corrected chi connectivity index (χ4v) is 2.26. The Labute approximate surface area is 141 Å². The van der Waals surface area contributed by atoms with Crippen LogP contribution in [0.25, 0.3) is 0 Å². The summed E-state index contributed by atoms with van der Waals surface area (Å²) in [7, 11) is 0. The summed E-state index contributed by atoms with van der Waals surface area (Å²) in [5, 5.41) is 4.76. The Morgan fingerprint density at radius 3 is 2.70 bits per heavy atom. The second kappa shape index (κ2) is 10.9. The summed E-state index contributed by atoms with van der Waals surface area (Å²) >= 11 is 1.44. The average molecular weight is 410 g/mol. The van der Waals surface area contributed by atoms with E-state index in [-0.39, 0.29) is 29.9 Å². The molecule has 3 N–H and O–H groups in total. The van der Waals surface area contributed by atoms with Crippen LogP contribution in [-0.2, 0) is 0 Å². The van der Waals surface area contributed by atoms with Gasteiger partial charge in [-0.15, -0.1) is 35.3 Å². The fourth-order valence-electron chi connectivity index (χ4n) is 1.62. The van der Waals surface area contributed by atoms with Crippen molar-refractivity contribution < 1.29 is 4.79 Å². The first-order valence-corrected chi connectivity index (χ1v) is 7.43. The molecule has 0 atom stereocenters. The Balaban J connectivity index is 0.00000361. The van der Waals surface area contributed by atoms with Crippen LogP contribution in [0.4, 0.5) is 0 Å². The largest absolute Gasteiger partial charge is 0.370 e. The quantitative estimate of drug-likeness (QED) is 0.313. The molecule has 0 spiro atoms. The molecule has 0 unspecified atom stereocenters. The van der Waals surface area contributed by atoms with Crippen molar-refractivity contribution in [3.05, 3.63) is 22.4 Å². The number of hydrogen-bond donors (Lipinski definition) is 2. The van der Waals surface area contributed by atoms with E-state index >= 15 is 0 Å². The van der Waals surface area contributed by atoms with Gasteiger partial charge in [0.25, 0.3) is 5.91 Å². The zero-order valence-electron chi connectivity index (χ0n) is 12.0.